The topological polar surface area (TPSA) is 40.9 Å². The van der Waals surface area contributed by atoms with Gasteiger partial charge in [0.05, 0.1) is 6.07 Å². The normalized spacial score (nSPS) is 11.8. The van der Waals surface area contributed by atoms with E-state index in [1.54, 1.807) is 24.3 Å². The minimum absolute atomic E-state index is 0.162. The predicted octanol–water partition coefficient (Wildman–Crippen LogP) is 2.54. The minimum Gasteiger partial charge on any atom is -0.298 e. The zero-order valence-electron chi connectivity index (χ0n) is 7.12. The van der Waals surface area contributed by atoms with Gasteiger partial charge in [-0.15, -0.1) is 0 Å². The van der Waals surface area contributed by atoms with E-state index in [4.69, 9.17) is 16.9 Å². The second-order valence-electron chi connectivity index (χ2n) is 2.73. The highest BCUT2D eigenvalue weighted by atomic mass is 35.5. The number of nitriles is 1. The first-order chi connectivity index (χ1) is 6.15. The molecule has 0 aliphatic heterocycles. The molecule has 0 saturated heterocycles. The van der Waals surface area contributed by atoms with E-state index in [-0.39, 0.29) is 5.78 Å². The van der Waals surface area contributed by atoms with Gasteiger partial charge in [-0.2, -0.15) is 5.26 Å². The summed E-state index contributed by atoms with van der Waals surface area (Å²) in [5.74, 6) is -0.858. The maximum Gasteiger partial charge on any atom is 0.151 e. The molecule has 0 spiro atoms. The first-order valence-electron chi connectivity index (χ1n) is 3.80. The van der Waals surface area contributed by atoms with Gasteiger partial charge in [0.2, 0.25) is 0 Å². The molecule has 0 aromatic heterocycles. The average molecular weight is 194 g/mol. The Morgan fingerprint density at radius 1 is 1.62 bits per heavy atom. The van der Waals surface area contributed by atoms with Gasteiger partial charge in [-0.1, -0.05) is 23.7 Å². The van der Waals surface area contributed by atoms with E-state index < -0.39 is 5.92 Å². The van der Waals surface area contributed by atoms with Crippen molar-refractivity contribution >= 4 is 17.4 Å². The number of benzene rings is 1. The molecule has 0 radical (unpaired) electrons. The van der Waals surface area contributed by atoms with Gasteiger partial charge in [0.15, 0.2) is 5.78 Å². The smallest absolute Gasteiger partial charge is 0.151 e. The van der Waals surface area contributed by atoms with Crippen molar-refractivity contribution < 1.29 is 4.79 Å². The molecule has 0 heterocycles. The van der Waals surface area contributed by atoms with Crippen LogP contribution in [0.5, 0.6) is 0 Å². The molecule has 1 atom stereocenters. The monoisotopic (exact) mass is 193 g/mol. The summed E-state index contributed by atoms with van der Waals surface area (Å²) in [6.45, 7) is 1.40. The van der Waals surface area contributed by atoms with Crippen LogP contribution in [0, 0.1) is 11.3 Å². The van der Waals surface area contributed by atoms with Crippen molar-refractivity contribution in [2.24, 2.45) is 0 Å². The van der Waals surface area contributed by atoms with Crippen LogP contribution >= 0.6 is 11.6 Å². The fraction of sp³-hybridized carbons (Fsp3) is 0.200. The molecule has 0 unspecified atom stereocenters. The third-order valence-corrected chi connectivity index (χ3v) is 1.95. The second-order valence-corrected chi connectivity index (χ2v) is 3.16. The summed E-state index contributed by atoms with van der Waals surface area (Å²) in [5.41, 5.74) is 0.655. The lowest BCUT2D eigenvalue weighted by Gasteiger charge is -2.04. The highest BCUT2D eigenvalue weighted by molar-refractivity contribution is 6.30. The molecule has 0 fully saturated rings. The van der Waals surface area contributed by atoms with Crippen LogP contribution < -0.4 is 0 Å². The van der Waals surface area contributed by atoms with Crippen LogP contribution in [0.1, 0.15) is 18.4 Å². The summed E-state index contributed by atoms with van der Waals surface area (Å²) in [6, 6.07) is 8.73. The summed E-state index contributed by atoms with van der Waals surface area (Å²) in [7, 11) is 0. The SMILES string of the molecule is CC(=O)[C@@H](C#N)c1cccc(Cl)c1. The summed E-state index contributed by atoms with van der Waals surface area (Å²) < 4.78 is 0. The molecule has 2 nitrogen and oxygen atoms in total. The van der Waals surface area contributed by atoms with Crippen molar-refractivity contribution in [2.45, 2.75) is 12.8 Å². The van der Waals surface area contributed by atoms with Crippen LogP contribution in [0.3, 0.4) is 0 Å². The summed E-state index contributed by atoms with van der Waals surface area (Å²) >= 11 is 5.73. The Labute approximate surface area is 81.7 Å². The van der Waals surface area contributed by atoms with Crippen molar-refractivity contribution in [3.8, 4) is 6.07 Å². The Hall–Kier alpha value is -1.33. The molecule has 1 aromatic rings. The molecular formula is C10H8ClNO. The van der Waals surface area contributed by atoms with E-state index in [0.29, 0.717) is 10.6 Å². The molecule has 66 valence electrons. The number of hydrogen-bond acceptors (Lipinski definition) is 2. The van der Waals surface area contributed by atoms with E-state index in [2.05, 4.69) is 0 Å². The molecule has 0 aliphatic carbocycles. The molecule has 0 aliphatic rings. The van der Waals surface area contributed by atoms with Crippen molar-refractivity contribution in [3.05, 3.63) is 34.9 Å². The number of ketones is 1. The second kappa shape index (κ2) is 4.06. The van der Waals surface area contributed by atoms with Crippen molar-refractivity contribution in [2.75, 3.05) is 0 Å². The van der Waals surface area contributed by atoms with E-state index >= 15 is 0 Å². The minimum atomic E-state index is -0.696. The number of halogens is 1. The van der Waals surface area contributed by atoms with Crippen LogP contribution in [0.15, 0.2) is 24.3 Å². The molecule has 0 amide bonds. The van der Waals surface area contributed by atoms with Crippen molar-refractivity contribution in [3.63, 3.8) is 0 Å². The van der Waals surface area contributed by atoms with E-state index in [0.717, 1.165) is 0 Å². The highest BCUT2D eigenvalue weighted by Gasteiger charge is 2.15. The maximum absolute atomic E-state index is 11.0. The third-order valence-electron chi connectivity index (χ3n) is 1.72. The quantitative estimate of drug-likeness (QED) is 0.724. The lowest BCUT2D eigenvalue weighted by atomic mass is 9.97. The van der Waals surface area contributed by atoms with Crippen LogP contribution in [-0.4, -0.2) is 5.78 Å². The largest absolute Gasteiger partial charge is 0.298 e. The zero-order valence-corrected chi connectivity index (χ0v) is 7.88. The Balaban J connectivity index is 3.07. The number of hydrogen-bond donors (Lipinski definition) is 0. The van der Waals surface area contributed by atoms with E-state index in [1.807, 2.05) is 6.07 Å². The van der Waals surface area contributed by atoms with Crippen molar-refractivity contribution in [1.29, 1.82) is 5.26 Å². The van der Waals surface area contributed by atoms with E-state index in [9.17, 15) is 4.79 Å². The number of rotatable bonds is 2. The molecule has 0 N–H and O–H groups in total. The molecule has 0 saturated carbocycles. The number of Topliss-reactive ketones (excluding diaryl/α,β-unsaturated/α-hetero) is 1. The summed E-state index contributed by atoms with van der Waals surface area (Å²) in [4.78, 5) is 11.0. The van der Waals surface area contributed by atoms with Crippen LogP contribution in [0.25, 0.3) is 0 Å². The average Bonchev–Trinajstić information content (AvgIpc) is 2.04. The fourth-order valence-corrected chi connectivity index (χ4v) is 1.29. The molecule has 13 heavy (non-hydrogen) atoms. The number of nitrogens with zero attached hydrogens (tertiary/aromatic N) is 1. The summed E-state index contributed by atoms with van der Waals surface area (Å²) in [5, 5.41) is 9.27. The van der Waals surface area contributed by atoms with Gasteiger partial charge < -0.3 is 0 Å². The maximum atomic E-state index is 11.0. The fourth-order valence-electron chi connectivity index (χ4n) is 1.09. The van der Waals surface area contributed by atoms with E-state index in [1.165, 1.54) is 6.92 Å². The van der Waals surface area contributed by atoms with Gasteiger partial charge in [-0.05, 0) is 24.6 Å². The van der Waals surface area contributed by atoms with Gasteiger partial charge >= 0.3 is 0 Å². The van der Waals surface area contributed by atoms with Gasteiger partial charge in [0, 0.05) is 5.02 Å². The molecule has 0 bridgehead atoms. The summed E-state index contributed by atoms with van der Waals surface area (Å²) in [6.07, 6.45) is 0. The van der Waals surface area contributed by atoms with Crippen LogP contribution in [0.4, 0.5) is 0 Å². The Morgan fingerprint density at radius 2 is 2.31 bits per heavy atom. The Morgan fingerprint density at radius 3 is 2.77 bits per heavy atom. The van der Waals surface area contributed by atoms with Crippen molar-refractivity contribution in [1.82, 2.24) is 0 Å². The van der Waals surface area contributed by atoms with Crippen LogP contribution in [0.2, 0.25) is 5.02 Å². The number of carbonyl (C=O) groups excluding carboxylic acids is 1. The molecular weight excluding hydrogens is 186 g/mol. The zero-order chi connectivity index (χ0) is 9.84. The van der Waals surface area contributed by atoms with Gasteiger partial charge in [0.25, 0.3) is 0 Å². The van der Waals surface area contributed by atoms with Crippen LogP contribution in [-0.2, 0) is 4.79 Å². The van der Waals surface area contributed by atoms with Gasteiger partial charge in [-0.25, -0.2) is 0 Å². The lowest BCUT2D eigenvalue weighted by Crippen LogP contribution is -2.05. The lowest BCUT2D eigenvalue weighted by molar-refractivity contribution is -0.117. The predicted molar refractivity (Wildman–Crippen MR) is 50.5 cm³/mol. The Kier molecular flexibility index (Phi) is 3.05. The first kappa shape index (κ1) is 9.76. The Bertz CT molecular complexity index is 367. The highest BCUT2D eigenvalue weighted by Crippen LogP contribution is 2.19. The standard InChI is InChI=1S/C10H8ClNO/c1-7(13)10(6-12)8-3-2-4-9(11)5-8/h2-5,10H,1H3/t10-/m1/s1. The third kappa shape index (κ3) is 2.30. The molecule has 1 rings (SSSR count). The molecule has 1 aromatic carbocycles. The van der Waals surface area contributed by atoms with Gasteiger partial charge in [0.1, 0.15) is 5.92 Å². The molecule has 3 heteroatoms. The van der Waals surface area contributed by atoms with Gasteiger partial charge in [-0.3, -0.25) is 4.79 Å². The number of carbonyl (C=O) groups is 1. The first-order valence-corrected chi connectivity index (χ1v) is 4.18.